The second-order valence-corrected chi connectivity index (χ2v) is 6.77. The molecule has 1 aromatic carbocycles. The fraction of sp³-hybridized carbons (Fsp3) is 0.267. The molecule has 0 radical (unpaired) electrons. The number of furan rings is 1. The highest BCUT2D eigenvalue weighted by Gasteiger charge is 2.21. The Balaban J connectivity index is 2.14. The van der Waals surface area contributed by atoms with Crippen LogP contribution >= 0.6 is 0 Å². The number of amides is 1. The van der Waals surface area contributed by atoms with E-state index in [-0.39, 0.29) is 23.1 Å². The molecule has 9 heteroatoms. The average Bonchev–Trinajstić information content (AvgIpc) is 3.05. The normalized spacial score (nSPS) is 11.3. The third-order valence-corrected chi connectivity index (χ3v) is 4.59. The van der Waals surface area contributed by atoms with E-state index in [4.69, 9.17) is 9.15 Å². The van der Waals surface area contributed by atoms with Crippen molar-refractivity contribution in [2.75, 3.05) is 21.2 Å². The van der Waals surface area contributed by atoms with Crippen molar-refractivity contribution in [1.29, 1.82) is 0 Å². The van der Waals surface area contributed by atoms with Gasteiger partial charge >= 0.3 is 0 Å². The highest BCUT2D eigenvalue weighted by molar-refractivity contribution is 7.89. The largest absolute Gasteiger partial charge is 0.494 e. The summed E-state index contributed by atoms with van der Waals surface area (Å²) >= 11 is 0. The van der Waals surface area contributed by atoms with Crippen LogP contribution in [0.2, 0.25) is 0 Å². The molecule has 2 aromatic rings. The van der Waals surface area contributed by atoms with Gasteiger partial charge in [0.2, 0.25) is 5.09 Å². The summed E-state index contributed by atoms with van der Waals surface area (Å²) in [4.78, 5) is 13.6. The Kier molecular flexibility index (Phi) is 5.25. The van der Waals surface area contributed by atoms with E-state index in [1.807, 2.05) is 0 Å². The first kappa shape index (κ1) is 18.0. The van der Waals surface area contributed by atoms with Gasteiger partial charge in [0.1, 0.15) is 0 Å². The molecule has 1 heterocycles. The molecule has 0 saturated carbocycles. The number of carbonyl (C=O) groups is 1. The number of halogens is 1. The van der Waals surface area contributed by atoms with E-state index < -0.39 is 21.7 Å². The maximum Gasteiger partial charge on any atom is 0.289 e. The van der Waals surface area contributed by atoms with Gasteiger partial charge in [0, 0.05) is 13.6 Å². The first-order chi connectivity index (χ1) is 11.3. The zero-order chi connectivity index (χ0) is 17.9. The average molecular weight is 356 g/mol. The summed E-state index contributed by atoms with van der Waals surface area (Å²) in [7, 11) is 0.342. The van der Waals surface area contributed by atoms with Crippen molar-refractivity contribution in [3.05, 3.63) is 47.5 Å². The van der Waals surface area contributed by atoms with Crippen LogP contribution < -0.4 is 9.46 Å². The van der Waals surface area contributed by atoms with Crippen LogP contribution in [0.25, 0.3) is 0 Å². The summed E-state index contributed by atoms with van der Waals surface area (Å²) in [5, 5.41) is -0.350. The lowest BCUT2D eigenvalue weighted by molar-refractivity contribution is 0.0747. The number of hydrogen-bond donors (Lipinski definition) is 1. The molecule has 0 saturated heterocycles. The smallest absolute Gasteiger partial charge is 0.289 e. The van der Waals surface area contributed by atoms with Gasteiger partial charge in [-0.3, -0.25) is 4.79 Å². The number of benzene rings is 1. The van der Waals surface area contributed by atoms with Gasteiger partial charge in [0.05, 0.1) is 7.11 Å². The molecule has 0 aliphatic rings. The maximum atomic E-state index is 13.7. The van der Waals surface area contributed by atoms with Gasteiger partial charge in [0.25, 0.3) is 15.9 Å². The number of sulfonamides is 1. The van der Waals surface area contributed by atoms with Gasteiger partial charge in [-0.25, -0.2) is 17.5 Å². The molecule has 1 amide bonds. The quantitative estimate of drug-likeness (QED) is 0.849. The van der Waals surface area contributed by atoms with Crippen LogP contribution in [0.4, 0.5) is 4.39 Å². The molecule has 0 aliphatic carbocycles. The first-order valence-corrected chi connectivity index (χ1v) is 8.38. The number of nitrogens with zero attached hydrogens (tertiary/aromatic N) is 1. The summed E-state index contributed by atoms with van der Waals surface area (Å²) in [6.07, 6.45) is 0. The van der Waals surface area contributed by atoms with E-state index in [1.165, 1.54) is 50.4 Å². The van der Waals surface area contributed by atoms with Crippen molar-refractivity contribution in [1.82, 2.24) is 9.62 Å². The van der Waals surface area contributed by atoms with Crippen LogP contribution in [-0.4, -0.2) is 40.4 Å². The molecule has 1 aromatic heterocycles. The van der Waals surface area contributed by atoms with Crippen LogP contribution in [0, 0.1) is 5.82 Å². The Morgan fingerprint density at radius 1 is 1.33 bits per heavy atom. The van der Waals surface area contributed by atoms with Crippen molar-refractivity contribution in [2.24, 2.45) is 0 Å². The zero-order valence-electron chi connectivity index (χ0n) is 13.4. The third-order valence-electron chi connectivity index (χ3n) is 3.31. The monoisotopic (exact) mass is 356 g/mol. The fourth-order valence-electron chi connectivity index (χ4n) is 2.02. The molecule has 1 N–H and O–H groups in total. The Morgan fingerprint density at radius 2 is 2.04 bits per heavy atom. The molecule has 0 fully saturated rings. The molecule has 0 unspecified atom stereocenters. The van der Waals surface area contributed by atoms with Crippen molar-refractivity contribution in [3.8, 4) is 5.75 Å². The fourth-order valence-corrected chi connectivity index (χ4v) is 2.67. The molecule has 130 valence electrons. The second-order valence-electron chi connectivity index (χ2n) is 4.96. The van der Waals surface area contributed by atoms with E-state index >= 15 is 0 Å². The SMILES string of the molecule is CNS(=O)(=O)c1ccc(C(=O)N(C)Cc2ccc(OC)c(F)c2)o1. The van der Waals surface area contributed by atoms with Crippen LogP contribution in [0.15, 0.2) is 39.8 Å². The first-order valence-electron chi connectivity index (χ1n) is 6.89. The minimum absolute atomic E-state index is 0.112. The van der Waals surface area contributed by atoms with Gasteiger partial charge in [-0.1, -0.05) is 6.07 Å². The Bertz CT molecular complexity index is 847. The number of methoxy groups -OCH3 is 1. The zero-order valence-corrected chi connectivity index (χ0v) is 14.2. The lowest BCUT2D eigenvalue weighted by atomic mass is 10.2. The minimum atomic E-state index is -3.76. The molecular weight excluding hydrogens is 339 g/mol. The summed E-state index contributed by atoms with van der Waals surface area (Å²) in [6, 6.07) is 6.83. The number of carbonyl (C=O) groups excluding carboxylic acids is 1. The van der Waals surface area contributed by atoms with E-state index in [2.05, 4.69) is 4.72 Å². The number of hydrogen-bond acceptors (Lipinski definition) is 5. The topological polar surface area (TPSA) is 88.9 Å². The molecule has 0 atom stereocenters. The Morgan fingerprint density at radius 3 is 2.62 bits per heavy atom. The number of nitrogens with one attached hydrogen (secondary N) is 1. The predicted octanol–water partition coefficient (Wildman–Crippen LogP) is 1.61. The molecule has 2 rings (SSSR count). The summed E-state index contributed by atoms with van der Waals surface area (Å²) in [5.41, 5.74) is 0.554. The van der Waals surface area contributed by atoms with E-state index in [0.29, 0.717) is 5.56 Å². The Labute approximate surface area is 139 Å². The molecular formula is C15H17FN2O5S. The lowest BCUT2D eigenvalue weighted by Crippen LogP contribution is -2.26. The Hall–Kier alpha value is -2.39. The predicted molar refractivity (Wildman–Crippen MR) is 83.7 cm³/mol. The van der Waals surface area contributed by atoms with Crippen LogP contribution in [0.1, 0.15) is 16.1 Å². The van der Waals surface area contributed by atoms with E-state index in [0.717, 1.165) is 0 Å². The van der Waals surface area contributed by atoms with E-state index in [1.54, 1.807) is 6.07 Å². The van der Waals surface area contributed by atoms with Crippen molar-refractivity contribution in [2.45, 2.75) is 11.6 Å². The molecule has 24 heavy (non-hydrogen) atoms. The number of ether oxygens (including phenoxy) is 1. The van der Waals surface area contributed by atoms with Gasteiger partial charge < -0.3 is 14.1 Å². The molecule has 0 bridgehead atoms. The van der Waals surface area contributed by atoms with Crippen LogP contribution in [0.3, 0.4) is 0 Å². The lowest BCUT2D eigenvalue weighted by Gasteiger charge is -2.16. The minimum Gasteiger partial charge on any atom is -0.494 e. The summed E-state index contributed by atoms with van der Waals surface area (Å²) in [5.74, 6) is -1.07. The standard InChI is InChI=1S/C15H17FN2O5S/c1-17-24(20,21)14-7-6-13(23-14)15(19)18(2)9-10-4-5-12(22-3)11(16)8-10/h4-8,17H,9H2,1-3H3. The number of rotatable bonds is 6. The molecule has 0 spiro atoms. The maximum absolute atomic E-state index is 13.7. The summed E-state index contributed by atoms with van der Waals surface area (Å²) < 4.78 is 48.9. The van der Waals surface area contributed by atoms with Crippen molar-refractivity contribution >= 4 is 15.9 Å². The van der Waals surface area contributed by atoms with Crippen molar-refractivity contribution in [3.63, 3.8) is 0 Å². The highest BCUT2D eigenvalue weighted by Crippen LogP contribution is 2.20. The second kappa shape index (κ2) is 7.02. The van der Waals surface area contributed by atoms with E-state index in [9.17, 15) is 17.6 Å². The van der Waals surface area contributed by atoms with Crippen LogP contribution in [-0.2, 0) is 16.6 Å². The van der Waals surface area contributed by atoms with Gasteiger partial charge in [-0.05, 0) is 36.9 Å². The molecule has 7 nitrogen and oxygen atoms in total. The third kappa shape index (κ3) is 3.74. The molecule has 0 aliphatic heterocycles. The van der Waals surface area contributed by atoms with Gasteiger partial charge in [-0.15, -0.1) is 0 Å². The summed E-state index contributed by atoms with van der Waals surface area (Å²) in [6.45, 7) is 0.120. The van der Waals surface area contributed by atoms with Crippen molar-refractivity contribution < 1.29 is 26.8 Å². The highest BCUT2D eigenvalue weighted by atomic mass is 32.2. The van der Waals surface area contributed by atoms with Gasteiger partial charge in [0.15, 0.2) is 17.3 Å². The van der Waals surface area contributed by atoms with Crippen LogP contribution in [0.5, 0.6) is 5.75 Å². The van der Waals surface area contributed by atoms with Gasteiger partial charge in [-0.2, -0.15) is 0 Å².